The summed E-state index contributed by atoms with van der Waals surface area (Å²) in [7, 11) is 0. The molecular weight excluding hydrogens is 368 g/mol. The molecule has 1 aromatic heterocycles. The molecule has 2 aromatic carbocycles. The summed E-state index contributed by atoms with van der Waals surface area (Å²) in [6, 6.07) is 20.3. The fraction of sp³-hybridized carbons (Fsp3) is 0.273. The van der Waals surface area contributed by atoms with Crippen LogP contribution in [-0.4, -0.2) is 26.9 Å². The first-order valence-electron chi connectivity index (χ1n) is 9.44. The van der Waals surface area contributed by atoms with Crippen LogP contribution in [0, 0.1) is 0 Å². The van der Waals surface area contributed by atoms with E-state index in [1.165, 1.54) is 22.0 Å². The highest BCUT2D eigenvalue weighted by Gasteiger charge is 2.19. The molecule has 2 atom stereocenters. The van der Waals surface area contributed by atoms with Gasteiger partial charge in [-0.1, -0.05) is 72.4 Å². The minimum atomic E-state index is -0.285. The molecule has 0 unspecified atom stereocenters. The molecule has 3 N–H and O–H groups in total. The molecule has 0 aliphatic carbocycles. The third-order valence-electron chi connectivity index (χ3n) is 4.52. The zero-order chi connectivity index (χ0) is 19.9. The van der Waals surface area contributed by atoms with Gasteiger partial charge < -0.3 is 11.2 Å². The van der Waals surface area contributed by atoms with Gasteiger partial charge >= 0.3 is 0 Å². The monoisotopic (exact) mass is 394 g/mol. The van der Waals surface area contributed by atoms with Gasteiger partial charge in [0.05, 0.1) is 17.1 Å². The number of hydrogen-bond acceptors (Lipinski definition) is 4. The van der Waals surface area contributed by atoms with E-state index in [1.807, 2.05) is 62.4 Å². The van der Waals surface area contributed by atoms with Crippen molar-refractivity contribution in [2.75, 3.05) is 5.84 Å². The van der Waals surface area contributed by atoms with Gasteiger partial charge in [0.1, 0.15) is 0 Å². The van der Waals surface area contributed by atoms with Crippen molar-refractivity contribution in [2.45, 2.75) is 43.1 Å². The summed E-state index contributed by atoms with van der Waals surface area (Å²) in [5.74, 6) is 6.04. The summed E-state index contributed by atoms with van der Waals surface area (Å²) in [5.41, 5.74) is 3.08. The Hall–Kier alpha value is -2.73. The molecular formula is C22H26N4OS. The van der Waals surface area contributed by atoms with E-state index in [1.54, 1.807) is 6.20 Å². The lowest BCUT2D eigenvalue weighted by Crippen LogP contribution is -2.38. The van der Waals surface area contributed by atoms with Crippen molar-refractivity contribution in [1.29, 1.82) is 0 Å². The molecule has 3 rings (SSSR count). The number of nitrogens with zero attached hydrogens (tertiary/aromatic N) is 2. The van der Waals surface area contributed by atoms with Gasteiger partial charge in [0, 0.05) is 11.6 Å². The Labute approximate surface area is 170 Å². The summed E-state index contributed by atoms with van der Waals surface area (Å²) in [6.45, 7) is 3.91. The molecule has 6 heteroatoms. The molecule has 28 heavy (non-hydrogen) atoms. The molecule has 0 spiro atoms. The van der Waals surface area contributed by atoms with Gasteiger partial charge in [-0.2, -0.15) is 0 Å². The number of nitrogens with one attached hydrogen (secondary N) is 1. The third kappa shape index (κ3) is 5.39. The number of hydrogen-bond donors (Lipinski definition) is 2. The number of thioether (sulfide) groups is 1. The van der Waals surface area contributed by atoms with Crippen LogP contribution in [0.15, 0.2) is 72.0 Å². The van der Waals surface area contributed by atoms with Gasteiger partial charge in [0.15, 0.2) is 5.16 Å². The summed E-state index contributed by atoms with van der Waals surface area (Å²) in [4.78, 5) is 17.1. The lowest BCUT2D eigenvalue weighted by molar-refractivity contribution is -0.120. The topological polar surface area (TPSA) is 72.9 Å². The van der Waals surface area contributed by atoms with Crippen LogP contribution in [0.1, 0.15) is 25.8 Å². The number of amides is 1. The Morgan fingerprint density at radius 2 is 1.75 bits per heavy atom. The van der Waals surface area contributed by atoms with Crippen LogP contribution in [0.5, 0.6) is 0 Å². The van der Waals surface area contributed by atoms with Gasteiger partial charge in [-0.3, -0.25) is 4.79 Å². The quantitative estimate of drug-likeness (QED) is 0.449. The van der Waals surface area contributed by atoms with Crippen LogP contribution in [0.2, 0.25) is 0 Å². The van der Waals surface area contributed by atoms with Crippen LogP contribution in [0.4, 0.5) is 0 Å². The van der Waals surface area contributed by atoms with Crippen molar-refractivity contribution >= 4 is 17.7 Å². The predicted octanol–water partition coefficient (Wildman–Crippen LogP) is 3.88. The number of nitrogens with two attached hydrogens (primary N) is 1. The average Bonchev–Trinajstić information content (AvgIpc) is 3.08. The number of rotatable bonds is 8. The maximum Gasteiger partial charge on any atom is 0.233 e. The van der Waals surface area contributed by atoms with Crippen LogP contribution in [-0.2, 0) is 11.2 Å². The highest BCUT2D eigenvalue weighted by Crippen LogP contribution is 2.25. The molecule has 0 fully saturated rings. The summed E-state index contributed by atoms with van der Waals surface area (Å²) in [6.07, 6.45) is 3.62. The molecule has 1 amide bonds. The Balaban J connectivity index is 1.53. The van der Waals surface area contributed by atoms with Gasteiger partial charge in [-0.15, -0.1) is 0 Å². The van der Waals surface area contributed by atoms with E-state index < -0.39 is 0 Å². The second-order valence-electron chi connectivity index (χ2n) is 6.88. The second kappa shape index (κ2) is 9.46. The van der Waals surface area contributed by atoms with Gasteiger partial charge in [-0.25, -0.2) is 9.66 Å². The molecule has 0 saturated carbocycles. The summed E-state index contributed by atoms with van der Waals surface area (Å²) < 4.78 is 1.48. The molecule has 146 valence electrons. The highest BCUT2D eigenvalue weighted by atomic mass is 32.2. The number of nitrogen functional groups attached to an aromatic ring is 1. The molecule has 0 radical (unpaired) electrons. The number of benzene rings is 2. The Kier molecular flexibility index (Phi) is 6.76. The number of carbonyl (C=O) groups is 1. The first kappa shape index (κ1) is 20.0. The van der Waals surface area contributed by atoms with E-state index in [9.17, 15) is 4.79 Å². The van der Waals surface area contributed by atoms with E-state index in [0.29, 0.717) is 5.16 Å². The van der Waals surface area contributed by atoms with Crippen LogP contribution >= 0.6 is 11.8 Å². The van der Waals surface area contributed by atoms with E-state index in [2.05, 4.69) is 22.4 Å². The standard InChI is InChI=1S/C22H26N4OS/c1-16(13-14-18-9-5-3-6-10-18)24-21(27)17(2)28-22-25-20(15-26(22)23)19-11-7-4-8-12-19/h3-12,15-17H,13-14,23H2,1-2H3,(H,24,27)/t16-,17+/m1/s1. The van der Waals surface area contributed by atoms with Crippen molar-refractivity contribution < 1.29 is 4.79 Å². The minimum Gasteiger partial charge on any atom is -0.353 e. The maximum atomic E-state index is 12.5. The molecule has 0 bridgehead atoms. The SMILES string of the molecule is C[C@H](CCc1ccccc1)NC(=O)[C@H](C)Sc1nc(-c2ccccc2)cn1N. The lowest BCUT2D eigenvalue weighted by Gasteiger charge is -2.17. The number of aryl methyl sites for hydroxylation is 1. The molecule has 0 aliphatic heterocycles. The lowest BCUT2D eigenvalue weighted by atomic mass is 10.1. The summed E-state index contributed by atoms with van der Waals surface area (Å²) in [5, 5.41) is 3.43. The van der Waals surface area contributed by atoms with Gasteiger partial charge in [0.2, 0.25) is 5.91 Å². The fourth-order valence-electron chi connectivity index (χ4n) is 2.88. The first-order chi connectivity index (χ1) is 13.5. The average molecular weight is 395 g/mol. The largest absolute Gasteiger partial charge is 0.353 e. The molecule has 1 heterocycles. The highest BCUT2D eigenvalue weighted by molar-refractivity contribution is 8.00. The Morgan fingerprint density at radius 1 is 1.11 bits per heavy atom. The first-order valence-corrected chi connectivity index (χ1v) is 10.3. The minimum absolute atomic E-state index is 0.00479. The van der Waals surface area contributed by atoms with E-state index in [0.717, 1.165) is 24.1 Å². The molecule has 0 saturated heterocycles. The molecule has 3 aromatic rings. The normalized spacial score (nSPS) is 13.1. The zero-order valence-corrected chi connectivity index (χ0v) is 17.0. The van der Waals surface area contributed by atoms with Crippen molar-refractivity contribution in [3.63, 3.8) is 0 Å². The maximum absolute atomic E-state index is 12.5. The smallest absolute Gasteiger partial charge is 0.233 e. The predicted molar refractivity (Wildman–Crippen MR) is 116 cm³/mol. The Morgan fingerprint density at radius 3 is 2.43 bits per heavy atom. The Bertz CT molecular complexity index is 895. The van der Waals surface area contributed by atoms with Crippen LogP contribution < -0.4 is 11.2 Å². The van der Waals surface area contributed by atoms with Crippen molar-refractivity contribution in [3.05, 3.63) is 72.4 Å². The van der Waals surface area contributed by atoms with Crippen LogP contribution in [0.3, 0.4) is 0 Å². The fourth-order valence-corrected chi connectivity index (χ4v) is 3.70. The van der Waals surface area contributed by atoms with Crippen molar-refractivity contribution in [2.24, 2.45) is 0 Å². The van der Waals surface area contributed by atoms with E-state index >= 15 is 0 Å². The van der Waals surface area contributed by atoms with Crippen molar-refractivity contribution in [1.82, 2.24) is 15.0 Å². The molecule has 0 aliphatic rings. The molecule has 5 nitrogen and oxygen atoms in total. The second-order valence-corrected chi connectivity index (χ2v) is 8.18. The summed E-state index contributed by atoms with van der Waals surface area (Å²) >= 11 is 1.37. The zero-order valence-electron chi connectivity index (χ0n) is 16.2. The van der Waals surface area contributed by atoms with Gasteiger partial charge in [-0.05, 0) is 32.3 Å². The van der Waals surface area contributed by atoms with Gasteiger partial charge in [0.25, 0.3) is 0 Å². The van der Waals surface area contributed by atoms with Crippen LogP contribution in [0.25, 0.3) is 11.3 Å². The third-order valence-corrected chi connectivity index (χ3v) is 5.60. The van der Waals surface area contributed by atoms with Crippen molar-refractivity contribution in [3.8, 4) is 11.3 Å². The number of carbonyl (C=O) groups excluding carboxylic acids is 1. The number of aromatic nitrogens is 2. The van der Waals surface area contributed by atoms with E-state index in [4.69, 9.17) is 5.84 Å². The van der Waals surface area contributed by atoms with E-state index in [-0.39, 0.29) is 17.2 Å². The number of imidazole rings is 1.